The Morgan fingerprint density at radius 1 is 1.33 bits per heavy atom. The molecule has 0 amide bonds. The zero-order valence-corrected chi connectivity index (χ0v) is 13.3. The van der Waals surface area contributed by atoms with Gasteiger partial charge in [0.2, 0.25) is 0 Å². The number of halogens is 3. The van der Waals surface area contributed by atoms with Crippen LogP contribution in [0.4, 0.5) is 18.9 Å². The maximum absolute atomic E-state index is 13.2. The van der Waals surface area contributed by atoms with E-state index in [1.54, 1.807) is 19.2 Å². The average Bonchev–Trinajstić information content (AvgIpc) is 2.42. The van der Waals surface area contributed by atoms with Gasteiger partial charge in [0.1, 0.15) is 0 Å². The summed E-state index contributed by atoms with van der Waals surface area (Å²) in [6.07, 6.45) is -4.32. The minimum absolute atomic E-state index is 0.219. The fourth-order valence-electron chi connectivity index (χ4n) is 2.65. The van der Waals surface area contributed by atoms with Gasteiger partial charge in [-0.1, -0.05) is 13.0 Å². The summed E-state index contributed by atoms with van der Waals surface area (Å²) < 4.78 is 39.7. The molecule has 1 aliphatic rings. The highest BCUT2D eigenvalue weighted by Crippen LogP contribution is 2.36. The quantitative estimate of drug-likeness (QED) is 0.913. The second-order valence-electron chi connectivity index (χ2n) is 5.38. The SMILES string of the molecule is CNCc1ccc(N2CCSC(C)C2C)cc1C(F)(F)F. The van der Waals surface area contributed by atoms with Crippen LogP contribution in [0.1, 0.15) is 25.0 Å². The van der Waals surface area contributed by atoms with Gasteiger partial charge in [0.05, 0.1) is 5.56 Å². The van der Waals surface area contributed by atoms with E-state index in [-0.39, 0.29) is 12.6 Å². The Bertz CT molecular complexity index is 490. The zero-order valence-electron chi connectivity index (χ0n) is 12.5. The van der Waals surface area contributed by atoms with Gasteiger partial charge in [0, 0.05) is 35.8 Å². The van der Waals surface area contributed by atoms with Crippen molar-refractivity contribution in [1.82, 2.24) is 5.32 Å². The standard InChI is InChI=1S/C15H21F3N2S/c1-10-11(2)21-7-6-20(10)13-5-4-12(9-19-3)14(8-13)15(16,17)18/h4-5,8,10-11,19H,6-7,9H2,1-3H3. The van der Waals surface area contributed by atoms with Crippen molar-refractivity contribution in [1.29, 1.82) is 0 Å². The van der Waals surface area contributed by atoms with Crippen molar-refractivity contribution >= 4 is 17.4 Å². The number of hydrogen-bond donors (Lipinski definition) is 1. The lowest BCUT2D eigenvalue weighted by atomic mass is 10.0. The van der Waals surface area contributed by atoms with Crippen LogP contribution in [0.25, 0.3) is 0 Å². The van der Waals surface area contributed by atoms with Gasteiger partial charge in [0.25, 0.3) is 0 Å². The molecule has 21 heavy (non-hydrogen) atoms. The van der Waals surface area contributed by atoms with Gasteiger partial charge in [-0.2, -0.15) is 24.9 Å². The fraction of sp³-hybridized carbons (Fsp3) is 0.600. The van der Waals surface area contributed by atoms with Crippen molar-refractivity contribution in [2.75, 3.05) is 24.2 Å². The number of benzene rings is 1. The Balaban J connectivity index is 2.37. The molecule has 0 aliphatic carbocycles. The predicted octanol–water partition coefficient (Wildman–Crippen LogP) is 3.76. The van der Waals surface area contributed by atoms with Crippen molar-refractivity contribution in [3.05, 3.63) is 29.3 Å². The second-order valence-corrected chi connectivity index (χ2v) is 6.86. The van der Waals surface area contributed by atoms with Crippen molar-refractivity contribution < 1.29 is 13.2 Å². The van der Waals surface area contributed by atoms with Crippen LogP contribution in [-0.4, -0.2) is 30.6 Å². The highest BCUT2D eigenvalue weighted by Gasteiger charge is 2.34. The number of anilines is 1. The summed E-state index contributed by atoms with van der Waals surface area (Å²) >= 11 is 1.87. The first-order valence-corrected chi connectivity index (χ1v) is 8.12. The van der Waals surface area contributed by atoms with E-state index in [1.807, 2.05) is 11.8 Å². The molecule has 6 heteroatoms. The lowest BCUT2D eigenvalue weighted by Gasteiger charge is -2.39. The van der Waals surface area contributed by atoms with E-state index in [0.29, 0.717) is 16.5 Å². The van der Waals surface area contributed by atoms with E-state index in [1.165, 1.54) is 6.07 Å². The van der Waals surface area contributed by atoms with Gasteiger partial charge >= 0.3 is 6.18 Å². The van der Waals surface area contributed by atoms with Gasteiger partial charge < -0.3 is 10.2 Å². The van der Waals surface area contributed by atoms with Crippen molar-refractivity contribution in [3.8, 4) is 0 Å². The van der Waals surface area contributed by atoms with E-state index < -0.39 is 11.7 Å². The lowest BCUT2D eigenvalue weighted by Crippen LogP contribution is -2.44. The molecular formula is C15H21F3N2S. The molecule has 2 rings (SSSR count). The van der Waals surface area contributed by atoms with Crippen LogP contribution in [-0.2, 0) is 12.7 Å². The molecule has 0 saturated carbocycles. The Labute approximate surface area is 128 Å². The third-order valence-corrected chi connectivity index (χ3v) is 5.32. The van der Waals surface area contributed by atoms with Crippen LogP contribution in [0.15, 0.2) is 18.2 Å². The van der Waals surface area contributed by atoms with Crippen molar-refractivity contribution in [2.45, 2.75) is 37.9 Å². The summed E-state index contributed by atoms with van der Waals surface area (Å²) in [5, 5.41) is 3.22. The zero-order chi connectivity index (χ0) is 15.6. The van der Waals surface area contributed by atoms with Crippen LogP contribution < -0.4 is 10.2 Å². The summed E-state index contributed by atoms with van der Waals surface area (Å²) in [4.78, 5) is 2.08. The van der Waals surface area contributed by atoms with Crippen LogP contribution in [0.5, 0.6) is 0 Å². The maximum Gasteiger partial charge on any atom is 0.416 e. The molecule has 0 spiro atoms. The number of nitrogens with zero attached hydrogens (tertiary/aromatic N) is 1. The van der Waals surface area contributed by atoms with Crippen molar-refractivity contribution in [3.63, 3.8) is 0 Å². The summed E-state index contributed by atoms with van der Waals surface area (Å²) in [7, 11) is 1.65. The molecule has 0 aromatic heterocycles. The molecule has 1 aliphatic heterocycles. The topological polar surface area (TPSA) is 15.3 Å². The van der Waals surface area contributed by atoms with Gasteiger partial charge in [-0.15, -0.1) is 0 Å². The summed E-state index contributed by atoms with van der Waals surface area (Å²) in [5.41, 5.74) is 0.426. The summed E-state index contributed by atoms with van der Waals surface area (Å²) in [6, 6.07) is 4.93. The smallest absolute Gasteiger partial charge is 0.367 e. The first kappa shape index (κ1) is 16.5. The number of thioether (sulfide) groups is 1. The summed E-state index contributed by atoms with van der Waals surface area (Å²) in [5.74, 6) is 0.950. The lowest BCUT2D eigenvalue weighted by molar-refractivity contribution is -0.138. The normalized spacial score (nSPS) is 23.4. The highest BCUT2D eigenvalue weighted by atomic mass is 32.2. The molecule has 1 aromatic carbocycles. The monoisotopic (exact) mass is 318 g/mol. The third kappa shape index (κ3) is 3.66. The minimum Gasteiger partial charge on any atom is -0.367 e. The van der Waals surface area contributed by atoms with Crippen LogP contribution >= 0.6 is 11.8 Å². The number of rotatable bonds is 3. The van der Waals surface area contributed by atoms with E-state index in [2.05, 4.69) is 24.1 Å². The Hall–Kier alpha value is -0.880. The molecule has 1 heterocycles. The summed E-state index contributed by atoms with van der Waals surface area (Å²) in [6.45, 7) is 5.21. The second kappa shape index (κ2) is 6.48. The Morgan fingerprint density at radius 3 is 2.67 bits per heavy atom. The highest BCUT2D eigenvalue weighted by molar-refractivity contribution is 8.00. The average molecular weight is 318 g/mol. The molecule has 1 fully saturated rings. The number of hydrogen-bond acceptors (Lipinski definition) is 3. The molecule has 1 aromatic rings. The predicted molar refractivity (Wildman–Crippen MR) is 82.9 cm³/mol. The Morgan fingerprint density at radius 2 is 2.05 bits per heavy atom. The molecule has 2 nitrogen and oxygen atoms in total. The Kier molecular flexibility index (Phi) is 5.09. The van der Waals surface area contributed by atoms with E-state index in [0.717, 1.165) is 12.3 Å². The van der Waals surface area contributed by atoms with Crippen LogP contribution in [0.3, 0.4) is 0 Å². The van der Waals surface area contributed by atoms with Gasteiger partial charge in [0.15, 0.2) is 0 Å². The van der Waals surface area contributed by atoms with Gasteiger partial charge in [-0.25, -0.2) is 0 Å². The first-order chi connectivity index (χ1) is 9.84. The molecule has 118 valence electrons. The van der Waals surface area contributed by atoms with Crippen LogP contribution in [0, 0.1) is 0 Å². The minimum atomic E-state index is -4.32. The largest absolute Gasteiger partial charge is 0.416 e. The van der Waals surface area contributed by atoms with E-state index in [9.17, 15) is 13.2 Å². The first-order valence-electron chi connectivity index (χ1n) is 7.07. The molecule has 1 N–H and O–H groups in total. The van der Waals surface area contributed by atoms with Gasteiger partial charge in [-0.05, 0) is 31.7 Å². The van der Waals surface area contributed by atoms with E-state index >= 15 is 0 Å². The van der Waals surface area contributed by atoms with E-state index in [4.69, 9.17) is 0 Å². The number of nitrogens with one attached hydrogen (secondary N) is 1. The maximum atomic E-state index is 13.2. The van der Waals surface area contributed by atoms with Crippen molar-refractivity contribution in [2.24, 2.45) is 0 Å². The molecule has 1 saturated heterocycles. The molecule has 2 unspecified atom stereocenters. The number of alkyl halides is 3. The molecule has 2 atom stereocenters. The third-order valence-electron chi connectivity index (χ3n) is 3.98. The fourth-order valence-corrected chi connectivity index (χ4v) is 3.75. The van der Waals surface area contributed by atoms with Crippen LogP contribution in [0.2, 0.25) is 0 Å². The molecule has 0 radical (unpaired) electrons. The molecule has 0 bridgehead atoms. The van der Waals surface area contributed by atoms with Gasteiger partial charge in [-0.3, -0.25) is 0 Å². The molecular weight excluding hydrogens is 297 g/mol.